The van der Waals surface area contributed by atoms with Crippen molar-refractivity contribution in [1.29, 1.82) is 0 Å². The van der Waals surface area contributed by atoms with Crippen LogP contribution in [0, 0.1) is 12.8 Å². The van der Waals surface area contributed by atoms with Gasteiger partial charge >= 0.3 is 6.03 Å². The summed E-state index contributed by atoms with van der Waals surface area (Å²) in [5.41, 5.74) is -0.960. The first-order chi connectivity index (χ1) is 15.7. The maximum atomic E-state index is 12.9. The van der Waals surface area contributed by atoms with Gasteiger partial charge in [0.15, 0.2) is 0 Å². The highest BCUT2D eigenvalue weighted by Gasteiger charge is 2.67. The molecule has 4 unspecified atom stereocenters. The molecule has 33 heavy (non-hydrogen) atoms. The van der Waals surface area contributed by atoms with Gasteiger partial charge in [0.1, 0.15) is 11.3 Å². The van der Waals surface area contributed by atoms with E-state index in [0.717, 1.165) is 24.2 Å². The third-order valence-corrected chi connectivity index (χ3v) is 9.40. The van der Waals surface area contributed by atoms with Gasteiger partial charge in [-0.3, -0.25) is 15.0 Å². The first-order valence-electron chi connectivity index (χ1n) is 12.6. The topological polar surface area (TPSA) is 102 Å². The van der Waals surface area contributed by atoms with E-state index in [0.29, 0.717) is 31.6 Å². The Labute approximate surface area is 195 Å². The van der Waals surface area contributed by atoms with Gasteiger partial charge in [-0.15, -0.1) is 0 Å². The van der Waals surface area contributed by atoms with Crippen molar-refractivity contribution in [2.45, 2.75) is 94.2 Å². The van der Waals surface area contributed by atoms with Gasteiger partial charge in [0, 0.05) is 18.0 Å². The molecule has 0 radical (unpaired) electrons. The normalized spacial score (nSPS) is 37.6. The van der Waals surface area contributed by atoms with Gasteiger partial charge in [0.2, 0.25) is 0 Å². The average Bonchev–Trinajstić information content (AvgIpc) is 3.07. The summed E-state index contributed by atoms with van der Waals surface area (Å²) < 4.78 is 0. The molecule has 180 valence electrons. The second kappa shape index (κ2) is 7.98. The number of likely N-dealkylation sites (tertiary alicyclic amines) is 1. The van der Waals surface area contributed by atoms with Crippen LogP contribution in [0.2, 0.25) is 0 Å². The molecule has 2 saturated heterocycles. The number of imide groups is 1. The van der Waals surface area contributed by atoms with Crippen LogP contribution in [0.5, 0.6) is 5.75 Å². The lowest BCUT2D eigenvalue weighted by atomic mass is 9.49. The van der Waals surface area contributed by atoms with E-state index in [1.807, 2.05) is 13.0 Å². The fraction of sp³-hybridized carbons (Fsp3) is 0.692. The van der Waals surface area contributed by atoms with Crippen LogP contribution in [0.4, 0.5) is 4.79 Å². The molecular formula is C26H37N3O4. The molecule has 1 aromatic rings. The van der Waals surface area contributed by atoms with Crippen molar-refractivity contribution in [3.05, 3.63) is 29.3 Å². The fourth-order valence-electron chi connectivity index (χ4n) is 7.51. The summed E-state index contributed by atoms with van der Waals surface area (Å²) in [4.78, 5) is 27.5. The standard InChI is InChI=1S/C26H37N3O4/c1-17-8-9-20(30)14-21(17)24-12-13-29(15-19-6-4-3-5-7-19)18(2)26(24,33)11-10-25(16-24)22(31)27-23(32)28-25/h8-9,14,18-19,30,33H,3-7,10-13,15-16H2,1-2H3,(H2,27,28,31,32). The molecule has 0 aromatic heterocycles. The van der Waals surface area contributed by atoms with Gasteiger partial charge in [0.05, 0.1) is 5.60 Å². The van der Waals surface area contributed by atoms with Crippen LogP contribution in [0.25, 0.3) is 0 Å². The molecule has 3 amide bonds. The number of phenolic OH excluding ortho intramolecular Hbond substituents is 1. The van der Waals surface area contributed by atoms with E-state index in [4.69, 9.17) is 0 Å². The largest absolute Gasteiger partial charge is 0.508 e. The summed E-state index contributed by atoms with van der Waals surface area (Å²) in [5, 5.41) is 28.2. The van der Waals surface area contributed by atoms with E-state index in [-0.39, 0.29) is 17.7 Å². The van der Waals surface area contributed by atoms with E-state index in [1.54, 1.807) is 12.1 Å². The molecule has 4 fully saturated rings. The molecule has 4 aliphatic rings. The summed E-state index contributed by atoms with van der Waals surface area (Å²) in [6.45, 7) is 5.94. The number of phenols is 1. The molecule has 5 rings (SSSR count). The van der Waals surface area contributed by atoms with Crippen LogP contribution in [0.3, 0.4) is 0 Å². The van der Waals surface area contributed by atoms with Crippen LogP contribution in [-0.4, -0.2) is 57.3 Å². The summed E-state index contributed by atoms with van der Waals surface area (Å²) in [5.74, 6) is 0.530. The predicted octanol–water partition coefficient (Wildman–Crippen LogP) is 3.11. The van der Waals surface area contributed by atoms with E-state index >= 15 is 0 Å². The fourth-order valence-corrected chi connectivity index (χ4v) is 7.51. The summed E-state index contributed by atoms with van der Waals surface area (Å²) >= 11 is 0. The lowest BCUT2D eigenvalue weighted by Gasteiger charge is -2.63. The molecule has 1 spiro atoms. The number of hydrogen-bond acceptors (Lipinski definition) is 5. The minimum absolute atomic E-state index is 0.0903. The molecular weight excluding hydrogens is 418 g/mol. The number of nitrogens with one attached hydrogen (secondary N) is 2. The highest BCUT2D eigenvalue weighted by Crippen LogP contribution is 2.58. The molecule has 2 aliphatic carbocycles. The van der Waals surface area contributed by atoms with Gasteiger partial charge in [-0.2, -0.15) is 0 Å². The van der Waals surface area contributed by atoms with Gasteiger partial charge in [-0.05, 0) is 88.1 Å². The quantitative estimate of drug-likeness (QED) is 0.525. The lowest BCUT2D eigenvalue weighted by Crippen LogP contribution is -2.73. The van der Waals surface area contributed by atoms with Gasteiger partial charge in [-0.1, -0.05) is 25.3 Å². The Morgan fingerprint density at radius 2 is 1.88 bits per heavy atom. The molecule has 2 saturated carbocycles. The van der Waals surface area contributed by atoms with Crippen molar-refractivity contribution in [2.24, 2.45) is 5.92 Å². The Balaban J connectivity index is 1.55. The Bertz CT molecular complexity index is 961. The molecule has 4 atom stereocenters. The predicted molar refractivity (Wildman–Crippen MR) is 125 cm³/mol. The number of nitrogens with zero attached hydrogens (tertiary/aromatic N) is 1. The number of rotatable bonds is 3. The first-order valence-corrected chi connectivity index (χ1v) is 12.6. The van der Waals surface area contributed by atoms with Crippen molar-refractivity contribution >= 4 is 11.9 Å². The van der Waals surface area contributed by atoms with E-state index in [9.17, 15) is 19.8 Å². The number of amides is 3. The molecule has 7 nitrogen and oxygen atoms in total. The molecule has 2 heterocycles. The van der Waals surface area contributed by atoms with E-state index in [2.05, 4.69) is 22.5 Å². The number of piperidine rings is 1. The monoisotopic (exact) mass is 455 g/mol. The van der Waals surface area contributed by atoms with Crippen LogP contribution >= 0.6 is 0 Å². The van der Waals surface area contributed by atoms with Gasteiger partial charge in [0.25, 0.3) is 5.91 Å². The van der Waals surface area contributed by atoms with Crippen molar-refractivity contribution in [3.63, 3.8) is 0 Å². The van der Waals surface area contributed by atoms with Crippen molar-refractivity contribution in [3.8, 4) is 5.75 Å². The summed E-state index contributed by atoms with van der Waals surface area (Å²) in [6, 6.07) is 4.76. The number of carbonyl (C=O) groups is 2. The van der Waals surface area contributed by atoms with Crippen LogP contribution in [-0.2, 0) is 10.2 Å². The van der Waals surface area contributed by atoms with Crippen molar-refractivity contribution in [1.82, 2.24) is 15.5 Å². The number of carbonyl (C=O) groups excluding carboxylic acids is 2. The third kappa shape index (κ3) is 3.46. The first kappa shape index (κ1) is 22.7. The van der Waals surface area contributed by atoms with E-state index < -0.39 is 22.6 Å². The number of fused-ring (bicyclic) bond motifs is 1. The van der Waals surface area contributed by atoms with Crippen LogP contribution in [0.15, 0.2) is 18.2 Å². The number of aromatic hydroxyl groups is 1. The third-order valence-electron chi connectivity index (χ3n) is 9.40. The number of aryl methyl sites for hydroxylation is 1. The Kier molecular flexibility index (Phi) is 5.48. The average molecular weight is 456 g/mol. The zero-order valence-electron chi connectivity index (χ0n) is 19.8. The van der Waals surface area contributed by atoms with E-state index in [1.165, 1.54) is 32.1 Å². The maximum Gasteiger partial charge on any atom is 0.322 e. The lowest BCUT2D eigenvalue weighted by molar-refractivity contribution is -0.172. The molecule has 1 aromatic carbocycles. The summed E-state index contributed by atoms with van der Waals surface area (Å²) in [7, 11) is 0. The highest BCUT2D eigenvalue weighted by molar-refractivity contribution is 6.07. The number of benzene rings is 1. The zero-order valence-corrected chi connectivity index (χ0v) is 19.8. The second-order valence-electron chi connectivity index (χ2n) is 11.1. The van der Waals surface area contributed by atoms with Gasteiger partial charge < -0.3 is 15.5 Å². The highest BCUT2D eigenvalue weighted by atomic mass is 16.3. The van der Waals surface area contributed by atoms with Gasteiger partial charge in [-0.25, -0.2) is 4.79 Å². The minimum atomic E-state index is -1.07. The van der Waals surface area contributed by atoms with Crippen molar-refractivity contribution in [2.75, 3.05) is 13.1 Å². The summed E-state index contributed by atoms with van der Waals surface area (Å²) in [6.07, 6.45) is 8.26. The maximum absolute atomic E-state index is 12.9. The number of urea groups is 1. The molecule has 7 heteroatoms. The zero-order chi connectivity index (χ0) is 23.4. The van der Waals surface area contributed by atoms with Crippen LogP contribution in [0.1, 0.15) is 75.8 Å². The molecule has 4 N–H and O–H groups in total. The molecule has 0 bridgehead atoms. The Hall–Kier alpha value is -2.12. The number of aliphatic hydroxyl groups is 1. The molecule has 2 aliphatic heterocycles. The second-order valence-corrected chi connectivity index (χ2v) is 11.1. The van der Waals surface area contributed by atoms with Crippen LogP contribution < -0.4 is 10.6 Å². The minimum Gasteiger partial charge on any atom is -0.508 e. The van der Waals surface area contributed by atoms with Crippen molar-refractivity contribution < 1.29 is 19.8 Å². The Morgan fingerprint density at radius 3 is 2.58 bits per heavy atom. The smallest absolute Gasteiger partial charge is 0.322 e. The Morgan fingerprint density at radius 1 is 1.12 bits per heavy atom. The SMILES string of the molecule is Cc1ccc(O)cc1C12CCN(CC3CCCCC3)C(C)C1(O)CCC1(C2)NC(=O)NC1=O. The number of hydrogen-bond donors (Lipinski definition) is 4.